The molecule has 5 nitrogen and oxygen atoms in total. The summed E-state index contributed by atoms with van der Waals surface area (Å²) in [6.07, 6.45) is 0.515. The number of rotatable bonds is 5. The van der Waals surface area contributed by atoms with Gasteiger partial charge in [-0.05, 0) is 12.1 Å². The quantitative estimate of drug-likeness (QED) is 0.733. The van der Waals surface area contributed by atoms with E-state index in [1.54, 1.807) is 30.3 Å². The van der Waals surface area contributed by atoms with Gasteiger partial charge in [0.1, 0.15) is 5.82 Å². The molecular formula is C10H14N2O3. The molecule has 0 bridgehead atoms. The van der Waals surface area contributed by atoms with Crippen molar-refractivity contribution in [3.8, 4) is 0 Å². The van der Waals surface area contributed by atoms with E-state index in [1.807, 2.05) is 6.07 Å². The first-order valence-electron chi connectivity index (χ1n) is 4.61. The zero-order valence-corrected chi connectivity index (χ0v) is 8.50. The number of aromatic nitrogens is 1. The summed E-state index contributed by atoms with van der Waals surface area (Å²) in [4.78, 5) is 16.1. The Hall–Kier alpha value is -1.62. The van der Waals surface area contributed by atoms with E-state index < -0.39 is 12.1 Å². The summed E-state index contributed by atoms with van der Waals surface area (Å²) in [7, 11) is 1.76. The molecule has 1 atom stereocenters. The predicted molar refractivity (Wildman–Crippen MR) is 55.8 cm³/mol. The molecule has 1 aromatic rings. The SMILES string of the molecule is CN(CC(O)CC(=O)O)c1ccccn1. The first-order chi connectivity index (χ1) is 7.09. The number of hydrogen-bond donors (Lipinski definition) is 2. The van der Waals surface area contributed by atoms with Crippen LogP contribution in [0.15, 0.2) is 24.4 Å². The number of likely N-dealkylation sites (N-methyl/N-ethyl adjacent to an activating group) is 1. The lowest BCUT2D eigenvalue weighted by molar-refractivity contribution is -0.139. The second-order valence-electron chi connectivity index (χ2n) is 3.32. The van der Waals surface area contributed by atoms with Crippen LogP contribution in [-0.4, -0.2) is 40.9 Å². The van der Waals surface area contributed by atoms with Crippen molar-refractivity contribution >= 4 is 11.8 Å². The van der Waals surface area contributed by atoms with Gasteiger partial charge in [0.25, 0.3) is 0 Å². The fourth-order valence-corrected chi connectivity index (χ4v) is 1.26. The van der Waals surface area contributed by atoms with E-state index in [2.05, 4.69) is 4.98 Å². The Morgan fingerprint density at radius 2 is 2.33 bits per heavy atom. The molecule has 0 aliphatic heterocycles. The second kappa shape index (κ2) is 5.31. The van der Waals surface area contributed by atoms with Gasteiger partial charge in [0, 0.05) is 19.8 Å². The molecule has 0 saturated heterocycles. The summed E-state index contributed by atoms with van der Waals surface area (Å²) in [6, 6.07) is 5.43. The van der Waals surface area contributed by atoms with Gasteiger partial charge >= 0.3 is 5.97 Å². The molecule has 5 heteroatoms. The van der Waals surface area contributed by atoms with Gasteiger partial charge in [-0.3, -0.25) is 4.79 Å². The van der Waals surface area contributed by atoms with E-state index in [0.717, 1.165) is 0 Å². The molecule has 15 heavy (non-hydrogen) atoms. The van der Waals surface area contributed by atoms with Crippen molar-refractivity contribution in [1.29, 1.82) is 0 Å². The maximum atomic E-state index is 10.3. The van der Waals surface area contributed by atoms with Crippen molar-refractivity contribution in [3.63, 3.8) is 0 Å². The predicted octanol–water partition coefficient (Wildman–Crippen LogP) is 0.353. The Bertz CT molecular complexity index is 316. The van der Waals surface area contributed by atoms with Crippen LogP contribution < -0.4 is 4.90 Å². The summed E-state index contributed by atoms with van der Waals surface area (Å²) in [5.41, 5.74) is 0. The highest BCUT2D eigenvalue weighted by Crippen LogP contribution is 2.07. The molecule has 0 amide bonds. The van der Waals surface area contributed by atoms with E-state index in [0.29, 0.717) is 5.82 Å². The van der Waals surface area contributed by atoms with Gasteiger partial charge in [0.05, 0.1) is 12.5 Å². The van der Waals surface area contributed by atoms with Crippen LogP contribution in [0.25, 0.3) is 0 Å². The van der Waals surface area contributed by atoms with Crippen LogP contribution >= 0.6 is 0 Å². The zero-order chi connectivity index (χ0) is 11.3. The van der Waals surface area contributed by atoms with Crippen molar-refractivity contribution in [2.24, 2.45) is 0 Å². The van der Waals surface area contributed by atoms with E-state index in [9.17, 15) is 9.90 Å². The molecular weight excluding hydrogens is 196 g/mol. The van der Waals surface area contributed by atoms with Crippen LogP contribution in [0.1, 0.15) is 6.42 Å². The lowest BCUT2D eigenvalue weighted by Crippen LogP contribution is -2.31. The van der Waals surface area contributed by atoms with Gasteiger partial charge in [-0.1, -0.05) is 6.07 Å². The number of carbonyl (C=O) groups is 1. The molecule has 0 aromatic carbocycles. The Balaban J connectivity index is 2.49. The average Bonchev–Trinajstić information content (AvgIpc) is 2.17. The van der Waals surface area contributed by atoms with Crippen LogP contribution in [-0.2, 0) is 4.79 Å². The number of carboxylic acid groups (broad SMARTS) is 1. The fraction of sp³-hybridized carbons (Fsp3) is 0.400. The Labute approximate surface area is 88.0 Å². The van der Waals surface area contributed by atoms with E-state index in [1.165, 1.54) is 0 Å². The number of hydrogen-bond acceptors (Lipinski definition) is 4. The van der Waals surface area contributed by atoms with Gasteiger partial charge in [-0.15, -0.1) is 0 Å². The Kier molecular flexibility index (Phi) is 4.05. The van der Waals surface area contributed by atoms with Gasteiger partial charge in [-0.25, -0.2) is 4.98 Å². The third-order valence-corrected chi connectivity index (χ3v) is 1.94. The van der Waals surface area contributed by atoms with Crippen LogP contribution in [0, 0.1) is 0 Å². The van der Waals surface area contributed by atoms with E-state index >= 15 is 0 Å². The van der Waals surface area contributed by atoms with Gasteiger partial charge in [0.15, 0.2) is 0 Å². The lowest BCUT2D eigenvalue weighted by atomic mass is 10.2. The van der Waals surface area contributed by atoms with Crippen LogP contribution in [0.4, 0.5) is 5.82 Å². The Morgan fingerprint density at radius 3 is 2.87 bits per heavy atom. The highest BCUT2D eigenvalue weighted by molar-refractivity contribution is 5.67. The number of aliphatic hydroxyl groups excluding tert-OH is 1. The second-order valence-corrected chi connectivity index (χ2v) is 3.32. The maximum absolute atomic E-state index is 10.3. The molecule has 2 N–H and O–H groups in total. The topological polar surface area (TPSA) is 73.7 Å². The molecule has 1 rings (SSSR count). The lowest BCUT2D eigenvalue weighted by Gasteiger charge is -2.20. The zero-order valence-electron chi connectivity index (χ0n) is 8.50. The highest BCUT2D eigenvalue weighted by Gasteiger charge is 2.12. The summed E-state index contributed by atoms with van der Waals surface area (Å²) >= 11 is 0. The molecule has 0 aliphatic rings. The van der Waals surface area contributed by atoms with Gasteiger partial charge in [0.2, 0.25) is 0 Å². The molecule has 1 heterocycles. The molecule has 1 aromatic heterocycles. The molecule has 0 radical (unpaired) electrons. The summed E-state index contributed by atoms with van der Waals surface area (Å²) in [5, 5.41) is 17.9. The number of anilines is 1. The van der Waals surface area contributed by atoms with Crippen molar-refractivity contribution in [3.05, 3.63) is 24.4 Å². The fourth-order valence-electron chi connectivity index (χ4n) is 1.26. The Morgan fingerprint density at radius 1 is 1.60 bits per heavy atom. The molecule has 0 fully saturated rings. The van der Waals surface area contributed by atoms with Crippen LogP contribution in [0.3, 0.4) is 0 Å². The molecule has 1 unspecified atom stereocenters. The van der Waals surface area contributed by atoms with Crippen LogP contribution in [0.2, 0.25) is 0 Å². The summed E-state index contributed by atoms with van der Waals surface area (Å²) in [6.45, 7) is 0.253. The van der Waals surface area contributed by atoms with Crippen molar-refractivity contribution in [1.82, 2.24) is 4.98 Å². The number of aliphatic hydroxyl groups is 1. The van der Waals surface area contributed by atoms with Gasteiger partial charge in [-0.2, -0.15) is 0 Å². The minimum absolute atomic E-state index is 0.253. The molecule has 0 spiro atoms. The number of carboxylic acids is 1. The minimum Gasteiger partial charge on any atom is -0.481 e. The minimum atomic E-state index is -1.00. The monoisotopic (exact) mass is 210 g/mol. The normalized spacial score (nSPS) is 12.1. The number of aliphatic carboxylic acids is 1. The molecule has 0 aliphatic carbocycles. The standard InChI is InChI=1S/C10H14N2O3/c1-12(7-8(13)6-10(14)15)9-4-2-3-5-11-9/h2-5,8,13H,6-7H2,1H3,(H,14,15). The maximum Gasteiger partial charge on any atom is 0.306 e. The number of nitrogens with zero attached hydrogens (tertiary/aromatic N) is 2. The van der Waals surface area contributed by atoms with Crippen molar-refractivity contribution < 1.29 is 15.0 Å². The van der Waals surface area contributed by atoms with Crippen LogP contribution in [0.5, 0.6) is 0 Å². The van der Waals surface area contributed by atoms with E-state index in [-0.39, 0.29) is 13.0 Å². The first-order valence-corrected chi connectivity index (χ1v) is 4.61. The highest BCUT2D eigenvalue weighted by atomic mass is 16.4. The van der Waals surface area contributed by atoms with E-state index in [4.69, 9.17) is 5.11 Å². The van der Waals surface area contributed by atoms with Crippen molar-refractivity contribution in [2.75, 3.05) is 18.5 Å². The largest absolute Gasteiger partial charge is 0.481 e. The summed E-state index contributed by atoms with van der Waals surface area (Å²) < 4.78 is 0. The van der Waals surface area contributed by atoms with Gasteiger partial charge < -0.3 is 15.1 Å². The van der Waals surface area contributed by atoms with Crippen molar-refractivity contribution in [2.45, 2.75) is 12.5 Å². The average molecular weight is 210 g/mol. The number of pyridine rings is 1. The summed E-state index contributed by atoms with van der Waals surface area (Å²) in [5.74, 6) is -0.293. The smallest absolute Gasteiger partial charge is 0.306 e. The molecule has 82 valence electrons. The first kappa shape index (κ1) is 11.5. The molecule has 0 saturated carbocycles. The third-order valence-electron chi connectivity index (χ3n) is 1.94. The third kappa shape index (κ3) is 3.95.